The van der Waals surface area contributed by atoms with E-state index in [1.165, 1.54) is 0 Å². The smallest absolute Gasteiger partial charge is 0.342 e. The molecule has 5 bridgehead atoms. The molecule has 11 atom stereocenters. The minimum absolute atomic E-state index is 0.0232. The normalized spacial score (nSPS) is 57.7. The number of Topliss-reactive ketones (excluding diaryl/α,β-unsaturated/α-hetero) is 1. The number of rotatable bonds is 0. The van der Waals surface area contributed by atoms with E-state index in [1.54, 1.807) is 13.0 Å². The van der Waals surface area contributed by atoms with Crippen LogP contribution in [-0.4, -0.2) is 63.9 Å². The first-order valence-electron chi connectivity index (χ1n) is 13.0. The number of allylic oxidation sites excluding steroid dienone is 4. The summed E-state index contributed by atoms with van der Waals surface area (Å²) in [6.45, 7) is 3.41. The molecule has 5 aliphatic heterocycles. The van der Waals surface area contributed by atoms with Crippen LogP contribution in [0.2, 0.25) is 0 Å². The molecule has 8 rings (SSSR count). The second-order valence-corrected chi connectivity index (χ2v) is 12.5. The predicted molar refractivity (Wildman–Crippen MR) is 118 cm³/mol. The van der Waals surface area contributed by atoms with E-state index in [4.69, 9.17) is 18.9 Å². The molecule has 190 valence electrons. The summed E-state index contributed by atoms with van der Waals surface area (Å²) < 4.78 is 25.0. The molecule has 5 heterocycles. The van der Waals surface area contributed by atoms with Gasteiger partial charge in [0.1, 0.15) is 6.10 Å². The molecule has 3 aliphatic carbocycles. The van der Waals surface area contributed by atoms with Crippen molar-refractivity contribution in [2.45, 2.75) is 74.6 Å². The highest BCUT2D eigenvalue weighted by molar-refractivity contribution is 6.00. The average molecular weight is 497 g/mol. The molecule has 36 heavy (non-hydrogen) atoms. The van der Waals surface area contributed by atoms with E-state index >= 15 is 0 Å². The molecule has 2 spiro atoms. The Kier molecular flexibility index (Phi) is 3.63. The van der Waals surface area contributed by atoms with Crippen molar-refractivity contribution in [3.8, 4) is 0 Å². The summed E-state index contributed by atoms with van der Waals surface area (Å²) in [6.07, 6.45) is 6.30. The molecule has 1 N–H and O–H groups in total. The molecule has 1 saturated carbocycles. The molecule has 0 aromatic carbocycles. The number of carbonyl (C=O) groups excluding carboxylic acids is 4. The average Bonchev–Trinajstić information content (AvgIpc) is 3.15. The fraction of sp³-hybridized carbons (Fsp3) is 0.704. The SMILES string of the molecule is CC12CC3OC(=O)C1COC14OC5(C2C1=O)C(O)(CCC1C2C(=O)C=CCC2=CCC14)C(=O)OC35C. The largest absolute Gasteiger partial charge is 0.458 e. The summed E-state index contributed by atoms with van der Waals surface area (Å²) in [6, 6.07) is 0. The van der Waals surface area contributed by atoms with Crippen LogP contribution in [0.1, 0.15) is 46.0 Å². The number of aliphatic hydroxyl groups is 1. The maximum atomic E-state index is 14.7. The van der Waals surface area contributed by atoms with Gasteiger partial charge in [-0.05, 0) is 56.4 Å². The number of esters is 2. The maximum Gasteiger partial charge on any atom is 0.342 e. The molecule has 0 aromatic rings. The lowest BCUT2D eigenvalue weighted by molar-refractivity contribution is -0.373. The van der Waals surface area contributed by atoms with E-state index in [-0.39, 0.29) is 30.5 Å². The molecule has 6 fully saturated rings. The molecule has 8 aliphatic rings. The molecule has 0 amide bonds. The van der Waals surface area contributed by atoms with Crippen LogP contribution in [-0.2, 0) is 38.1 Å². The number of fused-ring (bicyclic) bond motifs is 5. The number of hydrogen-bond donors (Lipinski definition) is 1. The van der Waals surface area contributed by atoms with Crippen molar-refractivity contribution in [1.29, 1.82) is 0 Å². The molecular weight excluding hydrogens is 468 g/mol. The topological polar surface area (TPSA) is 125 Å². The van der Waals surface area contributed by atoms with Gasteiger partial charge in [0.05, 0.1) is 18.4 Å². The van der Waals surface area contributed by atoms with Crippen LogP contribution in [0.25, 0.3) is 0 Å². The molecule has 5 saturated heterocycles. The third-order valence-electron chi connectivity index (χ3n) is 11.3. The van der Waals surface area contributed by atoms with E-state index in [2.05, 4.69) is 0 Å². The zero-order chi connectivity index (χ0) is 25.0. The van der Waals surface area contributed by atoms with Crippen LogP contribution in [0.15, 0.2) is 23.8 Å². The number of ketones is 2. The molecular formula is C27H28O9. The summed E-state index contributed by atoms with van der Waals surface area (Å²) in [7, 11) is 0. The van der Waals surface area contributed by atoms with E-state index in [0.717, 1.165) is 5.57 Å². The lowest BCUT2D eigenvalue weighted by Gasteiger charge is -2.62. The van der Waals surface area contributed by atoms with Crippen molar-refractivity contribution in [3.63, 3.8) is 0 Å². The Labute approximate surface area is 207 Å². The minimum atomic E-state index is -2.15. The van der Waals surface area contributed by atoms with Crippen molar-refractivity contribution in [2.24, 2.45) is 35.0 Å². The van der Waals surface area contributed by atoms with E-state index < -0.39 is 69.7 Å². The number of ether oxygens (including phenoxy) is 4. The van der Waals surface area contributed by atoms with Crippen LogP contribution >= 0.6 is 0 Å². The first kappa shape index (κ1) is 21.7. The van der Waals surface area contributed by atoms with Gasteiger partial charge in [-0.2, -0.15) is 0 Å². The van der Waals surface area contributed by atoms with Gasteiger partial charge in [-0.3, -0.25) is 14.4 Å². The molecule has 9 nitrogen and oxygen atoms in total. The first-order chi connectivity index (χ1) is 17.0. The molecule has 11 unspecified atom stereocenters. The van der Waals surface area contributed by atoms with Crippen molar-refractivity contribution >= 4 is 23.5 Å². The highest BCUT2D eigenvalue weighted by Crippen LogP contribution is 2.74. The highest BCUT2D eigenvalue weighted by atomic mass is 16.8. The van der Waals surface area contributed by atoms with Crippen molar-refractivity contribution in [1.82, 2.24) is 0 Å². The monoisotopic (exact) mass is 496 g/mol. The molecule has 0 aromatic heterocycles. The molecule has 9 heteroatoms. The van der Waals surface area contributed by atoms with Crippen molar-refractivity contribution in [3.05, 3.63) is 23.8 Å². The van der Waals surface area contributed by atoms with Gasteiger partial charge in [0, 0.05) is 11.8 Å². The van der Waals surface area contributed by atoms with Gasteiger partial charge in [-0.15, -0.1) is 0 Å². The van der Waals surface area contributed by atoms with Crippen LogP contribution in [0, 0.1) is 35.0 Å². The third kappa shape index (κ3) is 1.91. The summed E-state index contributed by atoms with van der Waals surface area (Å²) >= 11 is 0. The summed E-state index contributed by atoms with van der Waals surface area (Å²) in [5.74, 6) is -6.67. The Bertz CT molecular complexity index is 1250. The lowest BCUT2D eigenvalue weighted by Crippen LogP contribution is -2.79. The van der Waals surface area contributed by atoms with Crippen LogP contribution in [0.5, 0.6) is 0 Å². The Morgan fingerprint density at radius 2 is 1.94 bits per heavy atom. The van der Waals surface area contributed by atoms with Gasteiger partial charge < -0.3 is 24.1 Å². The van der Waals surface area contributed by atoms with Gasteiger partial charge in [-0.1, -0.05) is 24.6 Å². The van der Waals surface area contributed by atoms with Crippen LogP contribution in [0.3, 0.4) is 0 Å². The van der Waals surface area contributed by atoms with E-state index in [0.29, 0.717) is 25.7 Å². The second-order valence-electron chi connectivity index (χ2n) is 12.5. The Balaban J connectivity index is 1.42. The van der Waals surface area contributed by atoms with Crippen molar-refractivity contribution in [2.75, 3.05) is 6.61 Å². The summed E-state index contributed by atoms with van der Waals surface area (Å²) in [5.41, 5.74) is -5.44. The lowest BCUT2D eigenvalue weighted by atomic mass is 9.46. The quantitative estimate of drug-likeness (QED) is 0.388. The van der Waals surface area contributed by atoms with Crippen molar-refractivity contribution < 1.29 is 43.2 Å². The zero-order valence-corrected chi connectivity index (χ0v) is 20.2. The Morgan fingerprint density at radius 3 is 2.75 bits per heavy atom. The second kappa shape index (κ2) is 6.03. The predicted octanol–water partition coefficient (Wildman–Crippen LogP) is 1.17. The zero-order valence-electron chi connectivity index (χ0n) is 20.2. The van der Waals surface area contributed by atoms with E-state index in [9.17, 15) is 24.3 Å². The van der Waals surface area contributed by atoms with E-state index in [1.807, 2.05) is 19.1 Å². The van der Waals surface area contributed by atoms with Gasteiger partial charge in [0.25, 0.3) is 0 Å². The third-order valence-corrected chi connectivity index (χ3v) is 11.3. The fourth-order valence-electron chi connectivity index (χ4n) is 9.64. The van der Waals surface area contributed by atoms with Gasteiger partial charge in [-0.25, -0.2) is 4.79 Å². The minimum Gasteiger partial charge on any atom is -0.458 e. The van der Waals surface area contributed by atoms with Gasteiger partial charge in [0.15, 0.2) is 28.4 Å². The van der Waals surface area contributed by atoms with Gasteiger partial charge in [0.2, 0.25) is 5.79 Å². The van der Waals surface area contributed by atoms with Crippen LogP contribution < -0.4 is 0 Å². The first-order valence-corrected chi connectivity index (χ1v) is 13.0. The number of hydrogen-bond acceptors (Lipinski definition) is 9. The Hall–Kier alpha value is -2.36. The maximum absolute atomic E-state index is 14.7. The Morgan fingerprint density at radius 1 is 1.14 bits per heavy atom. The summed E-state index contributed by atoms with van der Waals surface area (Å²) in [4.78, 5) is 54.7. The van der Waals surface area contributed by atoms with Crippen LogP contribution in [0.4, 0.5) is 0 Å². The molecule has 0 radical (unpaired) electrons. The number of carbonyl (C=O) groups is 4. The fourth-order valence-corrected chi connectivity index (χ4v) is 9.64. The van der Waals surface area contributed by atoms with Gasteiger partial charge >= 0.3 is 11.9 Å². The standard InChI is InChI=1S/C27H28O9/c1-23-10-17-24(2)27-19(23)20(29)26(36-27,33-11-15(23)21(30)34-17)14-7-6-12-4-3-5-16(28)18(12)13(14)8-9-25(27,32)22(31)35-24/h3,5-6,13-15,17-19,32H,4,7-11H2,1-2H3. The highest BCUT2D eigenvalue weighted by Gasteiger charge is 2.93. The summed E-state index contributed by atoms with van der Waals surface area (Å²) in [5, 5.41) is 12.3.